The molecule has 2 N–H and O–H groups in total. The van der Waals surface area contributed by atoms with E-state index in [0.717, 1.165) is 11.8 Å². The molecule has 0 fully saturated rings. The number of rotatable bonds is 6. The summed E-state index contributed by atoms with van der Waals surface area (Å²) in [6.07, 6.45) is 2.13. The molecule has 1 rings (SSSR count). The summed E-state index contributed by atoms with van der Waals surface area (Å²) in [5, 5.41) is 10.5. The highest BCUT2D eigenvalue weighted by molar-refractivity contribution is 5.52. The molecule has 92 valence electrons. The highest BCUT2D eigenvalue weighted by atomic mass is 16.6. The zero-order valence-electron chi connectivity index (χ0n) is 9.70. The lowest BCUT2D eigenvalue weighted by Crippen LogP contribution is -2.25. The molecule has 0 aliphatic carbocycles. The number of aldehydes is 1. The molecule has 0 bridgehead atoms. The Morgan fingerprint density at radius 2 is 2.00 bits per heavy atom. The molecule has 0 saturated heterocycles. The van der Waals surface area contributed by atoms with Crippen molar-refractivity contribution in [1.82, 2.24) is 0 Å². The fourth-order valence-electron chi connectivity index (χ4n) is 1.67. The Bertz CT molecular complexity index is 389. The van der Waals surface area contributed by atoms with Crippen LogP contribution < -0.4 is 5.73 Å². The summed E-state index contributed by atoms with van der Waals surface area (Å²) in [6.45, 7) is 1.82. The molecule has 0 spiro atoms. The molecule has 0 aromatic heterocycles. The van der Waals surface area contributed by atoms with Gasteiger partial charge >= 0.3 is 0 Å². The monoisotopic (exact) mass is 236 g/mol. The number of hydrogen-bond donors (Lipinski definition) is 1. The van der Waals surface area contributed by atoms with Gasteiger partial charge in [-0.1, -0.05) is 19.1 Å². The smallest absolute Gasteiger partial charge is 0.269 e. The van der Waals surface area contributed by atoms with E-state index in [1.807, 2.05) is 6.92 Å². The van der Waals surface area contributed by atoms with Crippen molar-refractivity contribution in [3.63, 3.8) is 0 Å². The molecule has 0 aliphatic rings. The summed E-state index contributed by atoms with van der Waals surface area (Å²) in [5.74, 6) is -0.0527. The summed E-state index contributed by atoms with van der Waals surface area (Å²) in [4.78, 5) is 20.5. The first-order chi connectivity index (χ1) is 8.02. The third kappa shape index (κ3) is 4.32. The molecule has 0 radical (unpaired) electrons. The lowest BCUT2D eigenvalue weighted by molar-refractivity contribution is -0.384. The third-order valence-corrected chi connectivity index (χ3v) is 2.55. The maximum atomic E-state index is 10.5. The van der Waals surface area contributed by atoms with Crippen molar-refractivity contribution in [1.29, 1.82) is 0 Å². The fourth-order valence-corrected chi connectivity index (χ4v) is 1.67. The van der Waals surface area contributed by atoms with Crippen molar-refractivity contribution in [2.75, 3.05) is 0 Å². The van der Waals surface area contributed by atoms with E-state index in [1.54, 1.807) is 12.1 Å². The number of benzene rings is 1. The van der Waals surface area contributed by atoms with Crippen LogP contribution in [0.15, 0.2) is 24.3 Å². The maximum Gasteiger partial charge on any atom is 0.269 e. The third-order valence-electron chi connectivity index (χ3n) is 2.55. The van der Waals surface area contributed by atoms with Crippen molar-refractivity contribution >= 4 is 12.0 Å². The van der Waals surface area contributed by atoms with Gasteiger partial charge in [0.05, 0.1) is 4.92 Å². The minimum absolute atomic E-state index is 0.0527. The Morgan fingerprint density at radius 3 is 2.47 bits per heavy atom. The van der Waals surface area contributed by atoms with E-state index in [-0.39, 0.29) is 17.6 Å². The molecule has 1 unspecified atom stereocenters. The molecule has 5 nitrogen and oxygen atoms in total. The van der Waals surface area contributed by atoms with Crippen LogP contribution >= 0.6 is 0 Å². The van der Waals surface area contributed by atoms with Crippen LogP contribution in [0.1, 0.15) is 18.9 Å². The van der Waals surface area contributed by atoms with Gasteiger partial charge in [-0.2, -0.15) is 0 Å². The van der Waals surface area contributed by atoms with Gasteiger partial charge < -0.3 is 10.5 Å². The molecule has 0 amide bonds. The van der Waals surface area contributed by atoms with Gasteiger partial charge in [0, 0.05) is 24.1 Å². The molecular formula is C12H16N2O3. The van der Waals surface area contributed by atoms with Crippen LogP contribution in [0.2, 0.25) is 0 Å². The molecule has 1 aromatic rings. The Morgan fingerprint density at radius 1 is 1.41 bits per heavy atom. The standard InChI is InChI=1S/C12H16N2O3/c1-9(8-15)6-11(13)7-10-2-4-12(5-3-10)14(16)17/h2-5,8-9,11H,6-7,13H2,1H3/t9?,11-/m1/s1. The summed E-state index contributed by atoms with van der Waals surface area (Å²) in [7, 11) is 0. The summed E-state index contributed by atoms with van der Waals surface area (Å²) < 4.78 is 0. The van der Waals surface area contributed by atoms with E-state index in [9.17, 15) is 14.9 Å². The zero-order chi connectivity index (χ0) is 12.8. The Balaban J connectivity index is 2.57. The number of non-ortho nitro benzene ring substituents is 1. The second-order valence-corrected chi connectivity index (χ2v) is 4.24. The first-order valence-electron chi connectivity index (χ1n) is 5.47. The average molecular weight is 236 g/mol. The number of nitrogens with two attached hydrogens (primary N) is 1. The molecule has 1 aromatic carbocycles. The van der Waals surface area contributed by atoms with Crippen LogP contribution in [-0.2, 0) is 11.2 Å². The van der Waals surface area contributed by atoms with E-state index >= 15 is 0 Å². The molecule has 5 heteroatoms. The highest BCUT2D eigenvalue weighted by Gasteiger charge is 2.10. The van der Waals surface area contributed by atoms with Crippen molar-refractivity contribution in [2.24, 2.45) is 11.7 Å². The largest absolute Gasteiger partial charge is 0.327 e. The van der Waals surface area contributed by atoms with Crippen molar-refractivity contribution in [2.45, 2.75) is 25.8 Å². The summed E-state index contributed by atoms with van der Waals surface area (Å²) in [6, 6.07) is 6.22. The van der Waals surface area contributed by atoms with E-state index in [2.05, 4.69) is 0 Å². The van der Waals surface area contributed by atoms with Crippen molar-refractivity contribution in [3.8, 4) is 0 Å². The van der Waals surface area contributed by atoms with Crippen LogP contribution in [0.5, 0.6) is 0 Å². The molecular weight excluding hydrogens is 220 g/mol. The van der Waals surface area contributed by atoms with Crippen LogP contribution in [0.25, 0.3) is 0 Å². The molecule has 17 heavy (non-hydrogen) atoms. The topological polar surface area (TPSA) is 86.2 Å². The van der Waals surface area contributed by atoms with Gasteiger partial charge in [0.25, 0.3) is 5.69 Å². The van der Waals surface area contributed by atoms with Gasteiger partial charge in [0.2, 0.25) is 0 Å². The van der Waals surface area contributed by atoms with Crippen LogP contribution in [0, 0.1) is 16.0 Å². The van der Waals surface area contributed by atoms with E-state index in [4.69, 9.17) is 5.73 Å². The number of hydrogen-bond acceptors (Lipinski definition) is 4. The number of nitro groups is 1. The minimum Gasteiger partial charge on any atom is -0.327 e. The minimum atomic E-state index is -0.432. The molecule has 0 heterocycles. The lowest BCUT2D eigenvalue weighted by Gasteiger charge is -2.13. The first-order valence-corrected chi connectivity index (χ1v) is 5.47. The van der Waals surface area contributed by atoms with Gasteiger partial charge in [-0.3, -0.25) is 10.1 Å². The summed E-state index contributed by atoms with van der Waals surface area (Å²) >= 11 is 0. The van der Waals surface area contributed by atoms with Gasteiger partial charge in [-0.15, -0.1) is 0 Å². The fraction of sp³-hybridized carbons (Fsp3) is 0.417. The van der Waals surface area contributed by atoms with Crippen LogP contribution in [0.4, 0.5) is 5.69 Å². The van der Waals surface area contributed by atoms with E-state index < -0.39 is 4.92 Å². The first kappa shape index (κ1) is 13.3. The van der Waals surface area contributed by atoms with Gasteiger partial charge in [-0.25, -0.2) is 0 Å². The number of nitrogens with zero attached hydrogens (tertiary/aromatic N) is 1. The second kappa shape index (κ2) is 6.10. The molecule has 2 atom stereocenters. The van der Waals surface area contributed by atoms with Crippen LogP contribution in [-0.4, -0.2) is 17.3 Å². The van der Waals surface area contributed by atoms with Gasteiger partial charge in [-0.05, 0) is 18.4 Å². The Kier molecular flexibility index (Phi) is 4.78. The Labute approximate surface area is 99.8 Å². The number of carbonyl (C=O) groups excluding carboxylic acids is 1. The SMILES string of the molecule is CC(C=O)C[C@@H](N)Cc1ccc([N+](=O)[O-])cc1. The molecule has 0 saturated carbocycles. The Hall–Kier alpha value is -1.75. The number of nitro benzene ring substituents is 1. The highest BCUT2D eigenvalue weighted by Crippen LogP contribution is 2.14. The predicted molar refractivity (Wildman–Crippen MR) is 64.6 cm³/mol. The normalized spacial score (nSPS) is 14.0. The van der Waals surface area contributed by atoms with E-state index in [0.29, 0.717) is 12.8 Å². The van der Waals surface area contributed by atoms with Gasteiger partial charge in [0.15, 0.2) is 0 Å². The molecule has 0 aliphatic heterocycles. The van der Waals surface area contributed by atoms with E-state index in [1.165, 1.54) is 12.1 Å². The predicted octanol–water partition coefficient (Wildman–Crippen LogP) is 1.69. The quantitative estimate of drug-likeness (QED) is 0.462. The van der Waals surface area contributed by atoms with Crippen LogP contribution in [0.3, 0.4) is 0 Å². The lowest BCUT2D eigenvalue weighted by atomic mass is 9.98. The summed E-state index contributed by atoms with van der Waals surface area (Å²) in [5.41, 5.74) is 6.91. The van der Waals surface area contributed by atoms with Crippen molar-refractivity contribution < 1.29 is 9.72 Å². The second-order valence-electron chi connectivity index (χ2n) is 4.24. The number of carbonyl (C=O) groups is 1. The average Bonchev–Trinajstić information content (AvgIpc) is 2.29. The van der Waals surface area contributed by atoms with Gasteiger partial charge in [0.1, 0.15) is 6.29 Å². The zero-order valence-corrected chi connectivity index (χ0v) is 9.70. The van der Waals surface area contributed by atoms with Crippen molar-refractivity contribution in [3.05, 3.63) is 39.9 Å². The maximum absolute atomic E-state index is 10.5.